The van der Waals surface area contributed by atoms with Gasteiger partial charge in [0, 0.05) is 24.4 Å². The molecule has 46 heavy (non-hydrogen) atoms. The van der Waals surface area contributed by atoms with Gasteiger partial charge in [-0.15, -0.1) is 0 Å². The highest BCUT2D eigenvalue weighted by Crippen LogP contribution is 2.50. The van der Waals surface area contributed by atoms with Crippen LogP contribution in [-0.4, -0.2) is 44.5 Å². The molecule has 6 atom stereocenters. The molecule has 2 bridgehead atoms. The third-order valence-electron chi connectivity index (χ3n) is 10.3. The summed E-state index contributed by atoms with van der Waals surface area (Å²) in [4.78, 5) is 27.3. The Morgan fingerprint density at radius 1 is 0.935 bits per heavy atom. The summed E-state index contributed by atoms with van der Waals surface area (Å²) in [5.41, 5.74) is 0.879. The normalized spacial score (nSPS) is 29.1. The second-order valence-corrected chi connectivity index (χ2v) is 18.8. The first-order chi connectivity index (χ1) is 22.0. The summed E-state index contributed by atoms with van der Waals surface area (Å²) in [5.74, 6) is -0.844. The summed E-state index contributed by atoms with van der Waals surface area (Å²) in [6.45, 7) is 11.2. The number of hydrogen-bond donors (Lipinski definition) is 0. The number of carbonyl (C=O) groups excluding carboxylic acids is 2. The first-order valence-electron chi connectivity index (χ1n) is 16.6. The maximum atomic E-state index is 13.9. The maximum Gasteiger partial charge on any atom is 0.338 e. The lowest BCUT2D eigenvalue weighted by Crippen LogP contribution is -2.67. The fraction of sp³-hybridized carbons (Fsp3) is 0.400. The van der Waals surface area contributed by atoms with Gasteiger partial charge in [-0.3, -0.25) is 4.79 Å². The molecule has 1 aliphatic carbocycles. The molecule has 0 N–H and O–H groups in total. The lowest BCUT2D eigenvalue weighted by atomic mass is 9.68. The second-order valence-electron chi connectivity index (χ2n) is 14.5. The number of esters is 1. The number of carbonyl (C=O) groups is 2. The zero-order chi connectivity index (χ0) is 32.5. The third-order valence-corrected chi connectivity index (χ3v) is 15.4. The van der Waals surface area contributed by atoms with Crippen LogP contribution in [0, 0.1) is 17.8 Å². The predicted octanol–water partition coefficient (Wildman–Crippen LogP) is 7.06. The van der Waals surface area contributed by atoms with Gasteiger partial charge in [-0.1, -0.05) is 117 Å². The lowest BCUT2D eigenvalue weighted by molar-refractivity contribution is -0.122. The van der Waals surface area contributed by atoms with Gasteiger partial charge in [0.15, 0.2) is 5.78 Å². The molecule has 6 rings (SSSR count). The van der Waals surface area contributed by atoms with Crippen LogP contribution in [0.25, 0.3) is 0 Å². The number of benzene rings is 3. The summed E-state index contributed by atoms with van der Waals surface area (Å²) in [5, 5.41) is 2.17. The largest absolute Gasteiger partial charge is 0.453 e. The van der Waals surface area contributed by atoms with Crippen molar-refractivity contribution in [3.05, 3.63) is 120 Å². The van der Waals surface area contributed by atoms with E-state index in [4.69, 9.17) is 13.9 Å². The van der Waals surface area contributed by atoms with Crippen molar-refractivity contribution in [1.82, 2.24) is 0 Å². The Morgan fingerprint density at radius 2 is 1.52 bits per heavy atom. The zero-order valence-electron chi connectivity index (χ0n) is 27.6. The van der Waals surface area contributed by atoms with E-state index in [0.717, 1.165) is 12.8 Å². The standard InChI is InChI=1S/C40H46O5Si/c1-28-16-15-25-40(5,45-38(42)29-17-9-6-10-18-29)37-32-23-24-34(41)33(36(32)35(26-28)44-37)27-43-46(39(2,3)4,30-19-11-7-12-20-30)31-21-13-8-14-22-31/h6-14,16-24,32-33,35-37H,15,25-27H2,1-5H3/b28-16-/t32-,33-,35-,36-,37-,40-/m1/s1. The fourth-order valence-corrected chi connectivity index (χ4v) is 12.7. The average Bonchev–Trinajstić information content (AvgIpc) is 3.43. The molecule has 0 aromatic heterocycles. The summed E-state index contributed by atoms with van der Waals surface area (Å²) >= 11 is 0. The Labute approximate surface area is 274 Å². The van der Waals surface area contributed by atoms with Gasteiger partial charge in [-0.05, 0) is 66.7 Å². The topological polar surface area (TPSA) is 61.8 Å². The van der Waals surface area contributed by atoms with Gasteiger partial charge in [-0.2, -0.15) is 0 Å². The second kappa shape index (κ2) is 12.9. The van der Waals surface area contributed by atoms with Gasteiger partial charge in [0.2, 0.25) is 0 Å². The smallest absolute Gasteiger partial charge is 0.338 e. The molecule has 5 nitrogen and oxygen atoms in total. The van der Waals surface area contributed by atoms with Crippen molar-refractivity contribution in [2.45, 2.75) is 76.7 Å². The number of ketones is 1. The van der Waals surface area contributed by atoms with Crippen molar-refractivity contribution in [3.8, 4) is 0 Å². The first kappa shape index (κ1) is 32.4. The minimum atomic E-state index is -2.87. The Kier molecular flexibility index (Phi) is 9.08. The van der Waals surface area contributed by atoms with Crippen molar-refractivity contribution >= 4 is 30.4 Å². The molecule has 1 saturated heterocycles. The van der Waals surface area contributed by atoms with Crippen molar-refractivity contribution < 1.29 is 23.5 Å². The molecule has 0 saturated carbocycles. The number of ether oxygens (including phenoxy) is 2. The molecule has 3 aromatic carbocycles. The van der Waals surface area contributed by atoms with Crippen LogP contribution in [0.2, 0.25) is 5.04 Å². The molecule has 2 aliphatic heterocycles. The van der Waals surface area contributed by atoms with Crippen LogP contribution in [0.3, 0.4) is 0 Å². The van der Waals surface area contributed by atoms with E-state index in [2.05, 4.69) is 82.3 Å². The molecule has 240 valence electrons. The number of rotatable bonds is 7. The van der Waals surface area contributed by atoms with Crippen molar-refractivity contribution in [2.24, 2.45) is 17.8 Å². The van der Waals surface area contributed by atoms with Crippen LogP contribution in [0.4, 0.5) is 0 Å². The first-order valence-corrected chi connectivity index (χ1v) is 18.5. The van der Waals surface area contributed by atoms with E-state index in [0.29, 0.717) is 18.6 Å². The molecule has 3 aromatic rings. The Bertz CT molecular complexity index is 1550. The minimum Gasteiger partial charge on any atom is -0.453 e. The molecule has 6 heteroatoms. The molecule has 1 fully saturated rings. The van der Waals surface area contributed by atoms with Gasteiger partial charge in [0.1, 0.15) is 11.7 Å². The maximum absolute atomic E-state index is 13.9. The van der Waals surface area contributed by atoms with Crippen LogP contribution in [0.5, 0.6) is 0 Å². The van der Waals surface area contributed by atoms with E-state index >= 15 is 0 Å². The Balaban J connectivity index is 1.37. The van der Waals surface area contributed by atoms with Crippen LogP contribution in [0.15, 0.2) is 115 Å². The van der Waals surface area contributed by atoms with Crippen molar-refractivity contribution in [2.75, 3.05) is 6.61 Å². The number of hydrogen-bond acceptors (Lipinski definition) is 5. The van der Waals surface area contributed by atoms with Gasteiger partial charge in [0.25, 0.3) is 8.32 Å². The van der Waals surface area contributed by atoms with Crippen molar-refractivity contribution in [3.63, 3.8) is 0 Å². The van der Waals surface area contributed by atoms with Crippen LogP contribution in [-0.2, 0) is 18.7 Å². The molecule has 0 spiro atoms. The number of allylic oxidation sites excluding steroid dienone is 2. The number of fused-ring (bicyclic) bond motifs is 5. The predicted molar refractivity (Wildman–Crippen MR) is 185 cm³/mol. The Hall–Kier alpha value is -3.58. The van der Waals surface area contributed by atoms with Crippen LogP contribution < -0.4 is 10.4 Å². The van der Waals surface area contributed by atoms with Gasteiger partial charge >= 0.3 is 5.97 Å². The summed E-state index contributed by atoms with van der Waals surface area (Å²) in [6.07, 6.45) is 7.57. The SMILES string of the molecule is C/C1=C/CC[C@@](C)(OC(=O)c2ccccc2)[C@@H]2O[C@H](C1)[C@@H]1[C@H]2C=CC(=O)[C@H]1CO[Si](c1ccccc1)(c1ccccc1)C(C)(C)C. The fourth-order valence-electron chi connectivity index (χ4n) is 8.10. The molecule has 2 heterocycles. The molecule has 0 radical (unpaired) electrons. The summed E-state index contributed by atoms with van der Waals surface area (Å²) in [6, 6.07) is 30.3. The highest BCUT2D eigenvalue weighted by Gasteiger charge is 2.58. The zero-order valence-corrected chi connectivity index (χ0v) is 28.6. The third kappa shape index (κ3) is 5.99. The highest BCUT2D eigenvalue weighted by atomic mass is 28.4. The molecular weight excluding hydrogens is 589 g/mol. The van der Waals surface area contributed by atoms with Gasteiger partial charge in [-0.25, -0.2) is 4.79 Å². The Morgan fingerprint density at radius 3 is 2.11 bits per heavy atom. The van der Waals surface area contributed by atoms with E-state index in [9.17, 15) is 9.59 Å². The quantitative estimate of drug-likeness (QED) is 0.158. The van der Waals surface area contributed by atoms with Crippen LogP contribution >= 0.6 is 0 Å². The molecule has 0 amide bonds. The van der Waals surface area contributed by atoms with E-state index in [-0.39, 0.29) is 46.8 Å². The lowest BCUT2D eigenvalue weighted by Gasteiger charge is -2.45. The summed E-state index contributed by atoms with van der Waals surface area (Å²) in [7, 11) is -2.87. The van der Waals surface area contributed by atoms with Gasteiger partial charge in [0.05, 0.1) is 11.7 Å². The van der Waals surface area contributed by atoms with E-state index in [1.807, 2.05) is 43.3 Å². The molecule has 0 unspecified atom stereocenters. The van der Waals surface area contributed by atoms with Crippen LogP contribution in [0.1, 0.15) is 64.2 Å². The average molecular weight is 635 g/mol. The van der Waals surface area contributed by atoms with E-state index in [1.165, 1.54) is 15.9 Å². The minimum absolute atomic E-state index is 0.0788. The van der Waals surface area contributed by atoms with E-state index < -0.39 is 13.9 Å². The molecular formula is C40H46O5Si. The molecule has 3 aliphatic rings. The summed E-state index contributed by atoms with van der Waals surface area (Å²) < 4.78 is 20.7. The van der Waals surface area contributed by atoms with Crippen molar-refractivity contribution in [1.29, 1.82) is 0 Å². The monoisotopic (exact) mass is 634 g/mol. The van der Waals surface area contributed by atoms with Gasteiger partial charge < -0.3 is 13.9 Å². The highest BCUT2D eigenvalue weighted by molar-refractivity contribution is 6.99. The van der Waals surface area contributed by atoms with E-state index in [1.54, 1.807) is 18.2 Å².